The molecule has 21 heavy (non-hydrogen) atoms. The van der Waals surface area contributed by atoms with Gasteiger partial charge in [-0.2, -0.15) is 0 Å². The second kappa shape index (κ2) is 6.47. The molecule has 0 aliphatic carbocycles. The van der Waals surface area contributed by atoms with E-state index in [0.29, 0.717) is 11.3 Å². The minimum absolute atomic E-state index is 0.126. The second-order valence-corrected chi connectivity index (χ2v) is 4.47. The smallest absolute Gasteiger partial charge is 0.223 e. The molecule has 0 bridgehead atoms. The zero-order valence-electron chi connectivity index (χ0n) is 11.5. The lowest BCUT2D eigenvalue weighted by Gasteiger charge is -2.01. The number of amides is 1. The number of nitrogens with one attached hydrogen (secondary N) is 1. The molecule has 1 aromatic carbocycles. The number of ketones is 1. The lowest BCUT2D eigenvalue weighted by atomic mass is 10.1. The van der Waals surface area contributed by atoms with Crippen LogP contribution < -0.4 is 10.0 Å². The SMILES string of the molecule is CC(=O)Nc1ccc(C=CC(=O)c2cc[n+](O)cc2)cc1. The van der Waals surface area contributed by atoms with E-state index in [0.717, 1.165) is 10.3 Å². The van der Waals surface area contributed by atoms with E-state index in [9.17, 15) is 9.59 Å². The molecule has 0 fully saturated rings. The van der Waals surface area contributed by atoms with Gasteiger partial charge in [0.2, 0.25) is 18.3 Å². The number of anilines is 1. The van der Waals surface area contributed by atoms with E-state index in [1.807, 2.05) is 12.1 Å². The molecule has 0 radical (unpaired) electrons. The largest absolute Gasteiger partial charge is 0.326 e. The summed E-state index contributed by atoms with van der Waals surface area (Å²) >= 11 is 0. The summed E-state index contributed by atoms with van der Waals surface area (Å²) in [6.45, 7) is 1.45. The van der Waals surface area contributed by atoms with Gasteiger partial charge in [-0.3, -0.25) is 14.8 Å². The van der Waals surface area contributed by atoms with E-state index in [4.69, 9.17) is 5.21 Å². The first-order valence-electron chi connectivity index (χ1n) is 6.35. The lowest BCUT2D eigenvalue weighted by Crippen LogP contribution is -2.28. The highest BCUT2D eigenvalue weighted by Gasteiger charge is 2.04. The predicted molar refractivity (Wildman–Crippen MR) is 77.9 cm³/mol. The lowest BCUT2D eigenvalue weighted by molar-refractivity contribution is -0.904. The fraction of sp³-hybridized carbons (Fsp3) is 0.0625. The van der Waals surface area contributed by atoms with Crippen molar-refractivity contribution in [2.75, 3.05) is 5.32 Å². The zero-order chi connectivity index (χ0) is 15.2. The van der Waals surface area contributed by atoms with Crippen molar-refractivity contribution in [3.8, 4) is 0 Å². The molecule has 2 rings (SSSR count). The van der Waals surface area contributed by atoms with Crippen LogP contribution in [0.2, 0.25) is 0 Å². The highest BCUT2D eigenvalue weighted by atomic mass is 16.5. The van der Waals surface area contributed by atoms with Crippen LogP contribution in [-0.2, 0) is 4.79 Å². The number of rotatable bonds is 4. The number of pyridine rings is 1. The van der Waals surface area contributed by atoms with Crippen molar-refractivity contribution < 1.29 is 19.5 Å². The number of hydrogen-bond acceptors (Lipinski definition) is 3. The molecule has 106 valence electrons. The Kier molecular flexibility index (Phi) is 4.46. The molecule has 1 amide bonds. The van der Waals surface area contributed by atoms with Gasteiger partial charge < -0.3 is 5.32 Å². The fourth-order valence-electron chi connectivity index (χ4n) is 1.73. The quantitative estimate of drug-likeness (QED) is 0.390. The molecule has 2 N–H and O–H groups in total. The van der Waals surface area contributed by atoms with E-state index >= 15 is 0 Å². The van der Waals surface area contributed by atoms with Gasteiger partial charge in [0.1, 0.15) is 0 Å². The van der Waals surface area contributed by atoms with Crippen LogP contribution in [0.5, 0.6) is 0 Å². The molecule has 0 saturated heterocycles. The number of nitrogens with zero attached hydrogens (tertiary/aromatic N) is 1. The van der Waals surface area contributed by atoms with Crippen molar-refractivity contribution in [3.63, 3.8) is 0 Å². The van der Waals surface area contributed by atoms with Gasteiger partial charge in [0.25, 0.3) is 0 Å². The minimum atomic E-state index is -0.151. The number of aromatic nitrogens is 1. The first-order valence-corrected chi connectivity index (χ1v) is 6.35. The van der Waals surface area contributed by atoms with Gasteiger partial charge in [-0.25, -0.2) is 0 Å². The third-order valence-electron chi connectivity index (χ3n) is 2.76. The first-order chi connectivity index (χ1) is 10.0. The fourth-order valence-corrected chi connectivity index (χ4v) is 1.73. The Labute approximate surface area is 122 Å². The molecule has 0 unspecified atom stereocenters. The molecule has 0 aliphatic heterocycles. The average Bonchev–Trinajstić information content (AvgIpc) is 2.46. The number of carbonyl (C=O) groups is 2. The normalized spacial score (nSPS) is 10.5. The maximum Gasteiger partial charge on any atom is 0.223 e. The topological polar surface area (TPSA) is 70.3 Å². The van der Waals surface area contributed by atoms with Gasteiger partial charge in [0, 0.05) is 35.0 Å². The maximum absolute atomic E-state index is 11.9. The summed E-state index contributed by atoms with van der Waals surface area (Å²) in [7, 11) is 0. The summed E-state index contributed by atoms with van der Waals surface area (Å²) in [5.74, 6) is -0.278. The van der Waals surface area contributed by atoms with Crippen LogP contribution in [0.15, 0.2) is 54.9 Å². The monoisotopic (exact) mass is 283 g/mol. The van der Waals surface area contributed by atoms with Gasteiger partial charge in [-0.05, 0) is 23.8 Å². The maximum atomic E-state index is 11.9. The number of benzene rings is 1. The molecular weight excluding hydrogens is 268 g/mol. The number of hydrogen-bond donors (Lipinski definition) is 2. The van der Waals surface area contributed by atoms with Crippen LogP contribution in [0, 0.1) is 0 Å². The predicted octanol–water partition coefficient (Wildman–Crippen LogP) is 2.07. The second-order valence-electron chi connectivity index (χ2n) is 4.47. The number of allylic oxidation sites excluding steroid dienone is 1. The van der Waals surface area contributed by atoms with E-state index in [2.05, 4.69) is 5.32 Å². The molecule has 0 aliphatic rings. The molecule has 1 heterocycles. The Bertz CT molecular complexity index is 674. The number of carbonyl (C=O) groups excluding carboxylic acids is 2. The summed E-state index contributed by atoms with van der Waals surface area (Å²) < 4.78 is 0.876. The summed E-state index contributed by atoms with van der Waals surface area (Å²) in [6, 6.07) is 10.2. The van der Waals surface area contributed by atoms with Crippen molar-refractivity contribution in [3.05, 3.63) is 66.0 Å². The van der Waals surface area contributed by atoms with Gasteiger partial charge in [0.15, 0.2) is 5.78 Å². The Hall–Kier alpha value is -2.95. The third kappa shape index (κ3) is 4.28. The van der Waals surface area contributed by atoms with Gasteiger partial charge in [0.05, 0.1) is 0 Å². The Morgan fingerprint density at radius 3 is 2.29 bits per heavy atom. The average molecular weight is 283 g/mol. The van der Waals surface area contributed by atoms with Gasteiger partial charge in [-0.15, -0.1) is 0 Å². The van der Waals surface area contributed by atoms with Crippen LogP contribution in [-0.4, -0.2) is 16.9 Å². The van der Waals surface area contributed by atoms with E-state index in [-0.39, 0.29) is 11.7 Å². The van der Waals surface area contributed by atoms with Crippen LogP contribution >= 0.6 is 0 Å². The Balaban J connectivity index is 2.05. The van der Waals surface area contributed by atoms with E-state index < -0.39 is 0 Å². The van der Waals surface area contributed by atoms with Crippen molar-refractivity contribution in [1.29, 1.82) is 0 Å². The summed E-state index contributed by atoms with van der Waals surface area (Å²) in [5, 5.41) is 11.8. The zero-order valence-corrected chi connectivity index (χ0v) is 11.5. The summed E-state index contributed by atoms with van der Waals surface area (Å²) in [4.78, 5) is 22.8. The molecule has 0 spiro atoms. The van der Waals surface area contributed by atoms with Crippen molar-refractivity contribution in [2.45, 2.75) is 6.92 Å². The highest BCUT2D eigenvalue weighted by molar-refractivity contribution is 6.06. The van der Waals surface area contributed by atoms with Crippen LogP contribution in [0.1, 0.15) is 22.8 Å². The van der Waals surface area contributed by atoms with Crippen LogP contribution in [0.25, 0.3) is 6.08 Å². The Morgan fingerprint density at radius 1 is 1.10 bits per heavy atom. The van der Waals surface area contributed by atoms with E-state index in [1.165, 1.54) is 37.5 Å². The van der Waals surface area contributed by atoms with Gasteiger partial charge >= 0.3 is 0 Å². The molecule has 0 atom stereocenters. The highest BCUT2D eigenvalue weighted by Crippen LogP contribution is 2.11. The van der Waals surface area contributed by atoms with Crippen LogP contribution in [0.4, 0.5) is 5.69 Å². The third-order valence-corrected chi connectivity index (χ3v) is 2.76. The molecule has 1 aromatic heterocycles. The van der Waals surface area contributed by atoms with Crippen LogP contribution in [0.3, 0.4) is 0 Å². The summed E-state index contributed by atoms with van der Waals surface area (Å²) in [5.41, 5.74) is 2.05. The van der Waals surface area contributed by atoms with Gasteiger partial charge in [-0.1, -0.05) is 18.2 Å². The molecule has 2 aromatic rings. The van der Waals surface area contributed by atoms with Crippen molar-refractivity contribution in [2.24, 2.45) is 0 Å². The molecule has 5 heteroatoms. The standard InChI is InChI=1S/C16H14N2O3/c1-12(19)17-15-5-2-13(3-6-15)4-7-16(20)14-8-10-18(21)11-9-14/h2-11H,1H3,(H-,17,19,20,21)/p+1. The molecule has 0 saturated carbocycles. The molecule has 5 nitrogen and oxygen atoms in total. The van der Waals surface area contributed by atoms with Crippen molar-refractivity contribution >= 4 is 23.5 Å². The summed E-state index contributed by atoms with van der Waals surface area (Å²) in [6.07, 6.45) is 5.94. The minimum Gasteiger partial charge on any atom is -0.326 e. The molecular formula is C16H15N2O3+. The van der Waals surface area contributed by atoms with E-state index in [1.54, 1.807) is 18.2 Å². The Morgan fingerprint density at radius 2 is 1.71 bits per heavy atom. The van der Waals surface area contributed by atoms with Crippen molar-refractivity contribution in [1.82, 2.24) is 0 Å². The first kappa shape index (κ1) is 14.5.